The number of benzene rings is 1. The molecule has 1 aromatic carbocycles. The van der Waals surface area contributed by atoms with Gasteiger partial charge in [-0.05, 0) is 89.4 Å². The number of hydrogen-bond acceptors (Lipinski definition) is 6. The molecule has 0 radical (unpaired) electrons. The molecule has 33 heavy (non-hydrogen) atoms. The van der Waals surface area contributed by atoms with Crippen molar-refractivity contribution in [1.82, 2.24) is 9.62 Å². The molecule has 0 aromatic heterocycles. The van der Waals surface area contributed by atoms with Crippen LogP contribution in [-0.2, 0) is 19.6 Å². The molecule has 1 heterocycles. The Morgan fingerprint density at radius 3 is 2.12 bits per heavy atom. The third kappa shape index (κ3) is 6.33. The summed E-state index contributed by atoms with van der Waals surface area (Å²) in [5, 5.41) is 4.14. The fraction of sp³-hybridized carbons (Fsp3) is 0.565. The second kappa shape index (κ2) is 9.82. The van der Waals surface area contributed by atoms with Gasteiger partial charge < -0.3 is 15.8 Å². The highest BCUT2D eigenvalue weighted by atomic mass is 32.2. The number of nitrogens with zero attached hydrogens (tertiary/aromatic N) is 2. The molecule has 1 aliphatic heterocycles. The third-order valence-electron chi connectivity index (χ3n) is 5.93. The number of piperidine rings is 1. The minimum Gasteiger partial charge on any atom is -0.443 e. The lowest BCUT2D eigenvalue weighted by molar-refractivity contribution is -0.125. The van der Waals surface area contributed by atoms with Gasteiger partial charge in [0.1, 0.15) is 5.60 Å². The van der Waals surface area contributed by atoms with Gasteiger partial charge in [-0.2, -0.15) is 4.31 Å². The summed E-state index contributed by atoms with van der Waals surface area (Å²) in [6.45, 7) is 9.54. The molecule has 1 saturated heterocycles. The lowest BCUT2D eigenvalue weighted by atomic mass is 9.88. The molecule has 184 valence electrons. The number of carbonyl (C=O) groups excluding carboxylic acids is 2. The van der Waals surface area contributed by atoms with Crippen LogP contribution in [0.15, 0.2) is 17.5 Å². The number of likely N-dealkylation sites (N-methyl/N-ethyl adjacent to an activating group) is 1. The highest BCUT2D eigenvalue weighted by Gasteiger charge is 2.40. The molecule has 0 unspecified atom stereocenters. The summed E-state index contributed by atoms with van der Waals surface area (Å²) in [5.74, 6) is -0.472. The molecule has 1 aromatic rings. The van der Waals surface area contributed by atoms with Gasteiger partial charge in [0, 0.05) is 31.2 Å². The first-order valence-corrected chi connectivity index (χ1v) is 12.4. The van der Waals surface area contributed by atoms with E-state index in [4.69, 9.17) is 10.5 Å². The number of sulfonamides is 1. The first kappa shape index (κ1) is 26.8. The number of nitrogens with one attached hydrogen (secondary N) is 1. The fourth-order valence-corrected chi connectivity index (χ4v) is 5.00. The quantitative estimate of drug-likeness (QED) is 0.645. The summed E-state index contributed by atoms with van der Waals surface area (Å²) < 4.78 is 32.5. The van der Waals surface area contributed by atoms with Crippen LogP contribution >= 0.6 is 0 Å². The zero-order valence-corrected chi connectivity index (χ0v) is 21.4. The Balaban J connectivity index is 2.19. The summed E-state index contributed by atoms with van der Waals surface area (Å²) in [5.41, 5.74) is 7.09. The third-order valence-corrected chi connectivity index (χ3v) is 7.49. The normalized spacial score (nSPS) is 17.2. The van der Waals surface area contributed by atoms with E-state index in [0.717, 1.165) is 16.7 Å². The van der Waals surface area contributed by atoms with Crippen molar-refractivity contribution in [2.45, 2.75) is 58.6 Å². The van der Waals surface area contributed by atoms with E-state index < -0.39 is 33.2 Å². The number of primary amides is 1. The standard InChI is InChI=1S/C23H36N4O5S/c1-16-14-18(26(7)21(29)32-22(3,4)5)15-17(2)19(16)8-13-33(30,31)27-11-9-23(25-6,10-12-27)20(24)28/h8,13-15,25H,9-12H2,1-7H3,(H2,24,28)/b13-8+. The Morgan fingerprint density at radius 1 is 1.18 bits per heavy atom. The van der Waals surface area contributed by atoms with Crippen molar-refractivity contribution in [2.24, 2.45) is 5.73 Å². The van der Waals surface area contributed by atoms with Gasteiger partial charge in [-0.3, -0.25) is 9.69 Å². The maximum atomic E-state index is 12.9. The molecule has 10 heteroatoms. The summed E-state index contributed by atoms with van der Waals surface area (Å²) >= 11 is 0. The molecule has 2 rings (SSSR count). The fourth-order valence-electron chi connectivity index (χ4n) is 3.83. The highest BCUT2D eigenvalue weighted by Crippen LogP contribution is 2.27. The van der Waals surface area contributed by atoms with E-state index in [-0.39, 0.29) is 13.1 Å². The first-order chi connectivity index (χ1) is 15.1. The van der Waals surface area contributed by atoms with Gasteiger partial charge in [0.25, 0.3) is 0 Å². The average Bonchev–Trinajstić information content (AvgIpc) is 2.70. The zero-order chi connectivity index (χ0) is 25.2. The van der Waals surface area contributed by atoms with Crippen LogP contribution < -0.4 is 16.0 Å². The van der Waals surface area contributed by atoms with Gasteiger partial charge in [0.15, 0.2) is 0 Å². The van der Waals surface area contributed by atoms with Crippen LogP contribution in [0.5, 0.6) is 0 Å². The molecule has 0 saturated carbocycles. The Hall–Kier alpha value is -2.43. The smallest absolute Gasteiger partial charge is 0.414 e. The van der Waals surface area contributed by atoms with Gasteiger partial charge in [-0.15, -0.1) is 0 Å². The van der Waals surface area contributed by atoms with Crippen molar-refractivity contribution in [2.75, 3.05) is 32.1 Å². The lowest BCUT2D eigenvalue weighted by Crippen LogP contribution is -2.60. The molecule has 0 aliphatic carbocycles. The SMILES string of the molecule is CNC1(C(N)=O)CCN(S(=O)(=O)/C=C/c2c(C)cc(N(C)C(=O)OC(C)(C)C)cc2C)CC1. The van der Waals surface area contributed by atoms with Crippen molar-refractivity contribution in [3.63, 3.8) is 0 Å². The number of amides is 2. The Bertz CT molecular complexity index is 1010. The van der Waals surface area contributed by atoms with Gasteiger partial charge >= 0.3 is 6.09 Å². The Kier molecular flexibility index (Phi) is 7.98. The van der Waals surface area contributed by atoms with Crippen LogP contribution in [0.25, 0.3) is 6.08 Å². The van der Waals surface area contributed by atoms with Crippen molar-refractivity contribution in [3.05, 3.63) is 34.2 Å². The number of carbonyl (C=O) groups is 2. The van der Waals surface area contributed by atoms with E-state index >= 15 is 0 Å². The molecule has 1 aliphatic rings. The zero-order valence-electron chi connectivity index (χ0n) is 20.6. The topological polar surface area (TPSA) is 122 Å². The van der Waals surface area contributed by atoms with E-state index in [0.29, 0.717) is 18.5 Å². The monoisotopic (exact) mass is 480 g/mol. The van der Waals surface area contributed by atoms with E-state index in [1.165, 1.54) is 14.6 Å². The van der Waals surface area contributed by atoms with Gasteiger partial charge in [-0.25, -0.2) is 13.2 Å². The number of aryl methyl sites for hydroxylation is 2. The van der Waals surface area contributed by atoms with Crippen LogP contribution in [0.1, 0.15) is 50.3 Å². The van der Waals surface area contributed by atoms with Gasteiger partial charge in [0.2, 0.25) is 15.9 Å². The van der Waals surface area contributed by atoms with Crippen molar-refractivity contribution in [3.8, 4) is 0 Å². The first-order valence-electron chi connectivity index (χ1n) is 10.9. The second-order valence-electron chi connectivity index (χ2n) is 9.48. The van der Waals surface area contributed by atoms with Crippen LogP contribution in [0.3, 0.4) is 0 Å². The second-order valence-corrected chi connectivity index (χ2v) is 11.3. The van der Waals surface area contributed by atoms with Crippen LogP contribution in [0.4, 0.5) is 10.5 Å². The molecular weight excluding hydrogens is 444 g/mol. The number of anilines is 1. The predicted molar refractivity (Wildman–Crippen MR) is 130 cm³/mol. The van der Waals surface area contributed by atoms with Gasteiger partial charge in [0.05, 0.1) is 5.54 Å². The molecule has 0 spiro atoms. The van der Waals surface area contributed by atoms with E-state index in [1.807, 2.05) is 26.0 Å². The summed E-state index contributed by atoms with van der Waals surface area (Å²) in [7, 11) is -0.379. The minimum absolute atomic E-state index is 0.202. The molecule has 2 amide bonds. The summed E-state index contributed by atoms with van der Waals surface area (Å²) in [4.78, 5) is 25.6. The summed E-state index contributed by atoms with van der Waals surface area (Å²) in [6, 6.07) is 3.64. The van der Waals surface area contributed by atoms with Crippen molar-refractivity contribution in [1.29, 1.82) is 0 Å². The van der Waals surface area contributed by atoms with E-state index in [1.54, 1.807) is 40.9 Å². The highest BCUT2D eigenvalue weighted by molar-refractivity contribution is 7.92. The van der Waals surface area contributed by atoms with Crippen molar-refractivity contribution < 1.29 is 22.7 Å². The summed E-state index contributed by atoms with van der Waals surface area (Å²) in [6.07, 6.45) is 1.74. The van der Waals surface area contributed by atoms with E-state index in [2.05, 4.69) is 5.32 Å². The molecule has 9 nitrogen and oxygen atoms in total. The maximum Gasteiger partial charge on any atom is 0.414 e. The molecule has 0 bridgehead atoms. The Labute approximate surface area is 197 Å². The van der Waals surface area contributed by atoms with Crippen LogP contribution in [-0.4, -0.2) is 63.0 Å². The molecular formula is C23H36N4O5S. The number of rotatable bonds is 6. The minimum atomic E-state index is -3.67. The predicted octanol–water partition coefficient (Wildman–Crippen LogP) is 2.51. The molecule has 1 fully saturated rings. The van der Waals surface area contributed by atoms with Gasteiger partial charge in [-0.1, -0.05) is 0 Å². The van der Waals surface area contributed by atoms with Crippen LogP contribution in [0, 0.1) is 13.8 Å². The number of nitrogens with two attached hydrogens (primary N) is 1. The van der Waals surface area contributed by atoms with Crippen molar-refractivity contribution >= 4 is 33.8 Å². The average molecular weight is 481 g/mol. The number of ether oxygens (including phenoxy) is 1. The lowest BCUT2D eigenvalue weighted by Gasteiger charge is -2.38. The largest absolute Gasteiger partial charge is 0.443 e. The maximum absolute atomic E-state index is 12.9. The number of hydrogen-bond donors (Lipinski definition) is 2. The molecule has 0 atom stereocenters. The Morgan fingerprint density at radius 2 is 1.70 bits per heavy atom. The molecule has 3 N–H and O–H groups in total. The van der Waals surface area contributed by atoms with E-state index in [9.17, 15) is 18.0 Å². The van der Waals surface area contributed by atoms with Crippen LogP contribution in [0.2, 0.25) is 0 Å².